The highest BCUT2D eigenvalue weighted by Crippen LogP contribution is 2.26. The lowest BCUT2D eigenvalue weighted by atomic mass is 10.2. The van der Waals surface area contributed by atoms with Gasteiger partial charge in [0.25, 0.3) is 0 Å². The van der Waals surface area contributed by atoms with Crippen LogP contribution in [0.5, 0.6) is 5.75 Å². The molecule has 0 saturated heterocycles. The van der Waals surface area contributed by atoms with Crippen molar-refractivity contribution in [1.29, 1.82) is 0 Å². The van der Waals surface area contributed by atoms with Gasteiger partial charge >= 0.3 is 6.61 Å². The number of alkyl halides is 2. The maximum absolute atomic E-state index is 13.3. The minimum Gasteiger partial charge on any atom is -0.429 e. The molecule has 0 bridgehead atoms. The number of hydrogen-bond donors (Lipinski definition) is 1. The van der Waals surface area contributed by atoms with Gasteiger partial charge in [-0.05, 0) is 30.5 Å². The van der Waals surface area contributed by atoms with Gasteiger partial charge in [-0.1, -0.05) is 0 Å². The Hall–Kier alpha value is -1.30. The van der Waals surface area contributed by atoms with Gasteiger partial charge in [0.1, 0.15) is 0 Å². The first-order valence-electron chi connectivity index (χ1n) is 5.22. The summed E-state index contributed by atoms with van der Waals surface area (Å²) in [6, 6.07) is 2.39. The van der Waals surface area contributed by atoms with Crippen LogP contribution in [-0.2, 0) is 6.54 Å². The van der Waals surface area contributed by atoms with E-state index in [1.165, 1.54) is 0 Å². The Bertz CT molecular complexity index is 383. The molecule has 0 heterocycles. The highest BCUT2D eigenvalue weighted by atomic mass is 19.3. The van der Waals surface area contributed by atoms with Crippen molar-refractivity contribution in [3.8, 4) is 5.75 Å². The van der Waals surface area contributed by atoms with Crippen LogP contribution in [0.25, 0.3) is 0 Å². The van der Waals surface area contributed by atoms with E-state index in [2.05, 4.69) is 10.1 Å². The zero-order valence-electron chi connectivity index (χ0n) is 8.85. The molecule has 2 nitrogen and oxygen atoms in total. The van der Waals surface area contributed by atoms with Gasteiger partial charge < -0.3 is 10.1 Å². The number of benzene rings is 1. The lowest BCUT2D eigenvalue weighted by molar-refractivity contribution is -0.0546. The molecular formula is C11H11F4NO. The molecule has 1 aromatic rings. The van der Waals surface area contributed by atoms with Crippen LogP contribution in [0.15, 0.2) is 12.1 Å². The molecule has 1 aliphatic carbocycles. The second-order valence-electron chi connectivity index (χ2n) is 3.92. The molecule has 0 amide bonds. The third-order valence-corrected chi connectivity index (χ3v) is 2.44. The summed E-state index contributed by atoms with van der Waals surface area (Å²) >= 11 is 0. The number of hydrogen-bond acceptors (Lipinski definition) is 2. The van der Waals surface area contributed by atoms with E-state index >= 15 is 0 Å². The van der Waals surface area contributed by atoms with E-state index in [0.717, 1.165) is 25.0 Å². The average molecular weight is 249 g/mol. The Labute approximate surface area is 95.6 Å². The Morgan fingerprint density at radius 3 is 2.29 bits per heavy atom. The van der Waals surface area contributed by atoms with Crippen molar-refractivity contribution >= 4 is 0 Å². The minimum absolute atomic E-state index is 0.313. The SMILES string of the molecule is Fc1cc(CNC2CC2)cc(F)c1OC(F)F. The maximum atomic E-state index is 13.3. The molecule has 6 heteroatoms. The number of rotatable bonds is 5. The van der Waals surface area contributed by atoms with Crippen LogP contribution in [0.2, 0.25) is 0 Å². The fourth-order valence-electron chi connectivity index (χ4n) is 1.47. The molecule has 0 aliphatic heterocycles. The highest BCUT2D eigenvalue weighted by molar-refractivity contribution is 5.31. The Balaban J connectivity index is 2.09. The molecule has 0 atom stereocenters. The number of halogens is 4. The van der Waals surface area contributed by atoms with Crippen LogP contribution in [0, 0.1) is 11.6 Å². The van der Waals surface area contributed by atoms with Gasteiger partial charge in [0.15, 0.2) is 17.4 Å². The quantitative estimate of drug-likeness (QED) is 0.810. The molecular weight excluding hydrogens is 238 g/mol. The predicted molar refractivity (Wildman–Crippen MR) is 52.9 cm³/mol. The summed E-state index contributed by atoms with van der Waals surface area (Å²) in [5, 5.41) is 3.07. The molecule has 1 fully saturated rings. The van der Waals surface area contributed by atoms with Gasteiger partial charge in [-0.25, -0.2) is 8.78 Å². The van der Waals surface area contributed by atoms with Crippen molar-refractivity contribution in [3.05, 3.63) is 29.3 Å². The first kappa shape index (κ1) is 12.2. The topological polar surface area (TPSA) is 21.3 Å². The van der Waals surface area contributed by atoms with Crippen LogP contribution in [0.3, 0.4) is 0 Å². The zero-order valence-corrected chi connectivity index (χ0v) is 8.85. The summed E-state index contributed by atoms with van der Waals surface area (Å²) < 4.78 is 54.1. The van der Waals surface area contributed by atoms with Gasteiger partial charge in [0, 0.05) is 12.6 Å². The fourth-order valence-corrected chi connectivity index (χ4v) is 1.47. The summed E-state index contributed by atoms with van der Waals surface area (Å²) in [7, 11) is 0. The standard InChI is InChI=1S/C11H11F4NO/c12-8-3-6(5-16-7-1-2-7)4-9(13)10(8)17-11(14)15/h3-4,7,11,16H,1-2,5H2. The van der Waals surface area contributed by atoms with E-state index in [0.29, 0.717) is 18.2 Å². The Morgan fingerprint density at radius 1 is 1.24 bits per heavy atom. The van der Waals surface area contributed by atoms with E-state index in [1.807, 2.05) is 0 Å². The molecule has 1 aliphatic rings. The van der Waals surface area contributed by atoms with Crippen LogP contribution in [0.4, 0.5) is 17.6 Å². The molecule has 2 rings (SSSR count). The van der Waals surface area contributed by atoms with E-state index in [4.69, 9.17) is 0 Å². The highest BCUT2D eigenvalue weighted by Gasteiger charge is 2.21. The zero-order chi connectivity index (χ0) is 12.4. The van der Waals surface area contributed by atoms with Crippen molar-refractivity contribution in [1.82, 2.24) is 5.32 Å². The Morgan fingerprint density at radius 2 is 1.82 bits per heavy atom. The minimum atomic E-state index is -3.24. The van der Waals surface area contributed by atoms with Gasteiger partial charge in [0.2, 0.25) is 0 Å². The second kappa shape index (κ2) is 4.91. The molecule has 0 spiro atoms. The molecule has 1 N–H and O–H groups in total. The summed E-state index contributed by atoms with van der Waals surface area (Å²) in [4.78, 5) is 0. The van der Waals surface area contributed by atoms with Crippen LogP contribution >= 0.6 is 0 Å². The summed E-state index contributed by atoms with van der Waals surface area (Å²) in [5.41, 5.74) is 0.369. The first-order chi connectivity index (χ1) is 8.06. The number of ether oxygens (including phenoxy) is 1. The van der Waals surface area contributed by atoms with Crippen molar-refractivity contribution < 1.29 is 22.3 Å². The van der Waals surface area contributed by atoms with Gasteiger partial charge in [0.05, 0.1) is 0 Å². The first-order valence-corrected chi connectivity index (χ1v) is 5.22. The summed E-state index contributed by atoms with van der Waals surface area (Å²) in [6.07, 6.45) is 2.11. The molecule has 94 valence electrons. The van der Waals surface area contributed by atoms with Crippen molar-refractivity contribution in [2.75, 3.05) is 0 Å². The predicted octanol–water partition coefficient (Wildman–Crippen LogP) is 2.82. The lowest BCUT2D eigenvalue weighted by Gasteiger charge is -2.09. The third kappa shape index (κ3) is 3.33. The molecule has 0 unspecified atom stereocenters. The van der Waals surface area contributed by atoms with Crippen molar-refractivity contribution in [3.63, 3.8) is 0 Å². The van der Waals surface area contributed by atoms with Gasteiger partial charge in [-0.15, -0.1) is 0 Å². The lowest BCUT2D eigenvalue weighted by Crippen LogP contribution is -2.16. The molecule has 0 radical (unpaired) electrons. The molecule has 17 heavy (non-hydrogen) atoms. The van der Waals surface area contributed by atoms with Gasteiger partial charge in [-0.3, -0.25) is 0 Å². The smallest absolute Gasteiger partial charge is 0.387 e. The molecule has 0 aromatic heterocycles. The van der Waals surface area contributed by atoms with Crippen LogP contribution < -0.4 is 10.1 Å². The summed E-state index contributed by atoms with van der Waals surface area (Å²) in [6.45, 7) is -2.93. The van der Waals surface area contributed by atoms with Crippen molar-refractivity contribution in [2.45, 2.75) is 32.0 Å². The van der Waals surface area contributed by atoms with E-state index in [-0.39, 0.29) is 0 Å². The monoisotopic (exact) mass is 249 g/mol. The normalized spacial score (nSPS) is 15.4. The van der Waals surface area contributed by atoms with Crippen LogP contribution in [0.1, 0.15) is 18.4 Å². The van der Waals surface area contributed by atoms with Crippen molar-refractivity contribution in [2.24, 2.45) is 0 Å². The average Bonchev–Trinajstić information content (AvgIpc) is 3.04. The van der Waals surface area contributed by atoms with Crippen LogP contribution in [-0.4, -0.2) is 12.7 Å². The molecule has 1 saturated carbocycles. The van der Waals surface area contributed by atoms with E-state index in [9.17, 15) is 17.6 Å². The third-order valence-electron chi connectivity index (χ3n) is 2.44. The second-order valence-corrected chi connectivity index (χ2v) is 3.92. The fraction of sp³-hybridized carbons (Fsp3) is 0.455. The summed E-state index contributed by atoms with van der Waals surface area (Å²) in [5.74, 6) is -3.26. The number of nitrogens with one attached hydrogen (secondary N) is 1. The van der Waals surface area contributed by atoms with E-state index in [1.54, 1.807) is 0 Å². The Kier molecular flexibility index (Phi) is 3.51. The largest absolute Gasteiger partial charge is 0.429 e. The van der Waals surface area contributed by atoms with E-state index < -0.39 is 24.0 Å². The molecule has 1 aromatic carbocycles. The van der Waals surface area contributed by atoms with Gasteiger partial charge in [-0.2, -0.15) is 8.78 Å². The maximum Gasteiger partial charge on any atom is 0.387 e.